The number of aliphatic hydroxyl groups is 1. The van der Waals surface area contributed by atoms with E-state index in [1.54, 1.807) is 6.07 Å². The Labute approximate surface area is 114 Å². The minimum Gasteiger partial charge on any atom is -0.398 e. The van der Waals surface area contributed by atoms with Crippen molar-refractivity contribution in [1.29, 1.82) is 0 Å². The van der Waals surface area contributed by atoms with Gasteiger partial charge in [0.2, 0.25) is 0 Å². The van der Waals surface area contributed by atoms with Gasteiger partial charge in [-0.25, -0.2) is 0 Å². The maximum Gasteiger partial charge on any atom is 0.253 e. The number of benzene rings is 1. The number of amides is 1. The lowest BCUT2D eigenvalue weighted by Gasteiger charge is -2.36. The lowest BCUT2D eigenvalue weighted by Crippen LogP contribution is -2.52. The average Bonchev–Trinajstić information content (AvgIpc) is 2.42. The van der Waals surface area contributed by atoms with Gasteiger partial charge >= 0.3 is 0 Å². The van der Waals surface area contributed by atoms with E-state index in [4.69, 9.17) is 5.73 Å². The number of para-hydroxylation sites is 1. The van der Waals surface area contributed by atoms with Gasteiger partial charge < -0.3 is 16.2 Å². The standard InChI is InChI=1S/C15H22N2O2/c1-11-6-5-7-12(13(11)16)14(19)17-15(10-18)8-3-2-4-9-15/h5-7,18H,2-4,8-10,16H2,1H3,(H,17,19). The summed E-state index contributed by atoms with van der Waals surface area (Å²) in [4.78, 5) is 12.3. The number of aliphatic hydroxyl groups excluding tert-OH is 1. The molecule has 1 aliphatic rings. The van der Waals surface area contributed by atoms with E-state index in [2.05, 4.69) is 5.32 Å². The third-order valence-corrected chi connectivity index (χ3v) is 4.06. The third kappa shape index (κ3) is 2.89. The first-order valence-corrected chi connectivity index (χ1v) is 6.86. The minimum absolute atomic E-state index is 0.00946. The van der Waals surface area contributed by atoms with Crippen LogP contribution in [0.25, 0.3) is 0 Å². The van der Waals surface area contributed by atoms with Gasteiger partial charge in [0.1, 0.15) is 0 Å². The Morgan fingerprint density at radius 3 is 2.68 bits per heavy atom. The molecule has 1 amide bonds. The van der Waals surface area contributed by atoms with Gasteiger partial charge in [0.05, 0.1) is 17.7 Å². The summed E-state index contributed by atoms with van der Waals surface area (Å²) in [6, 6.07) is 5.44. The van der Waals surface area contributed by atoms with E-state index in [0.717, 1.165) is 31.2 Å². The molecule has 104 valence electrons. The number of hydrogen-bond donors (Lipinski definition) is 3. The molecular weight excluding hydrogens is 240 g/mol. The van der Waals surface area contributed by atoms with E-state index in [1.165, 1.54) is 6.42 Å². The first-order chi connectivity index (χ1) is 9.08. The summed E-state index contributed by atoms with van der Waals surface area (Å²) in [5.74, 6) is -0.183. The van der Waals surface area contributed by atoms with Crippen molar-refractivity contribution in [3.8, 4) is 0 Å². The zero-order chi connectivity index (χ0) is 13.9. The highest BCUT2D eigenvalue weighted by Crippen LogP contribution is 2.28. The Kier molecular flexibility index (Phi) is 4.10. The van der Waals surface area contributed by atoms with Gasteiger partial charge in [-0.15, -0.1) is 0 Å². The van der Waals surface area contributed by atoms with Gasteiger partial charge in [-0.1, -0.05) is 31.4 Å². The van der Waals surface area contributed by atoms with E-state index in [9.17, 15) is 9.90 Å². The largest absolute Gasteiger partial charge is 0.398 e. The number of anilines is 1. The fourth-order valence-corrected chi connectivity index (χ4v) is 2.74. The van der Waals surface area contributed by atoms with Gasteiger partial charge in [-0.2, -0.15) is 0 Å². The molecule has 0 atom stereocenters. The molecule has 1 fully saturated rings. The molecule has 0 radical (unpaired) electrons. The molecule has 4 nitrogen and oxygen atoms in total. The molecular formula is C15H22N2O2. The van der Waals surface area contributed by atoms with Crippen molar-refractivity contribution < 1.29 is 9.90 Å². The maximum absolute atomic E-state index is 12.3. The number of nitrogens with one attached hydrogen (secondary N) is 1. The summed E-state index contributed by atoms with van der Waals surface area (Å²) >= 11 is 0. The second-order valence-electron chi connectivity index (χ2n) is 5.49. The van der Waals surface area contributed by atoms with Crippen molar-refractivity contribution in [2.24, 2.45) is 0 Å². The lowest BCUT2D eigenvalue weighted by atomic mass is 9.82. The quantitative estimate of drug-likeness (QED) is 0.729. The molecule has 2 rings (SSSR count). The normalized spacial score (nSPS) is 18.0. The van der Waals surface area contributed by atoms with Crippen LogP contribution < -0.4 is 11.1 Å². The van der Waals surface area contributed by atoms with Crippen LogP contribution in [-0.4, -0.2) is 23.2 Å². The summed E-state index contributed by atoms with van der Waals surface area (Å²) in [7, 11) is 0. The summed E-state index contributed by atoms with van der Waals surface area (Å²) in [5, 5.41) is 12.6. The van der Waals surface area contributed by atoms with Gasteiger partial charge in [0, 0.05) is 5.69 Å². The van der Waals surface area contributed by atoms with Crippen LogP contribution in [0.3, 0.4) is 0 Å². The van der Waals surface area contributed by atoms with Crippen molar-refractivity contribution in [2.45, 2.75) is 44.6 Å². The highest BCUT2D eigenvalue weighted by Gasteiger charge is 2.33. The average molecular weight is 262 g/mol. The van der Waals surface area contributed by atoms with E-state index < -0.39 is 5.54 Å². The number of carbonyl (C=O) groups excluding carboxylic acids is 1. The predicted octanol–water partition coefficient (Wildman–Crippen LogP) is 2.00. The van der Waals surface area contributed by atoms with Gasteiger partial charge in [0.15, 0.2) is 0 Å². The van der Waals surface area contributed by atoms with Gasteiger partial charge in [0.25, 0.3) is 5.91 Å². The molecule has 0 aliphatic heterocycles. The molecule has 0 unspecified atom stereocenters. The van der Waals surface area contributed by atoms with Crippen LogP contribution in [-0.2, 0) is 0 Å². The van der Waals surface area contributed by atoms with Gasteiger partial charge in [-0.05, 0) is 31.4 Å². The van der Waals surface area contributed by atoms with Crippen molar-refractivity contribution >= 4 is 11.6 Å². The molecule has 1 aliphatic carbocycles. The third-order valence-electron chi connectivity index (χ3n) is 4.06. The van der Waals surface area contributed by atoms with Crippen molar-refractivity contribution in [3.63, 3.8) is 0 Å². The van der Waals surface area contributed by atoms with Crippen LogP contribution in [0.4, 0.5) is 5.69 Å². The van der Waals surface area contributed by atoms with Crippen LogP contribution >= 0.6 is 0 Å². The molecule has 0 spiro atoms. The lowest BCUT2D eigenvalue weighted by molar-refractivity contribution is 0.0759. The van der Waals surface area contributed by atoms with Gasteiger partial charge in [-0.3, -0.25) is 4.79 Å². The van der Waals surface area contributed by atoms with Crippen LogP contribution in [0.15, 0.2) is 18.2 Å². The first-order valence-electron chi connectivity index (χ1n) is 6.86. The Bertz CT molecular complexity index is 465. The maximum atomic E-state index is 12.3. The fourth-order valence-electron chi connectivity index (χ4n) is 2.74. The Morgan fingerprint density at radius 1 is 1.37 bits per heavy atom. The SMILES string of the molecule is Cc1cccc(C(=O)NC2(CO)CCCCC2)c1N. The van der Waals surface area contributed by atoms with E-state index in [-0.39, 0.29) is 12.5 Å². The monoisotopic (exact) mass is 262 g/mol. The van der Waals surface area contributed by atoms with Crippen molar-refractivity contribution in [1.82, 2.24) is 5.32 Å². The van der Waals surface area contributed by atoms with Crippen LogP contribution in [0.1, 0.15) is 48.0 Å². The molecule has 0 aromatic heterocycles. The second kappa shape index (κ2) is 5.61. The predicted molar refractivity (Wildman–Crippen MR) is 76.0 cm³/mol. The van der Waals surface area contributed by atoms with E-state index in [0.29, 0.717) is 11.3 Å². The Morgan fingerprint density at radius 2 is 2.05 bits per heavy atom. The number of nitrogen functional groups attached to an aromatic ring is 1. The molecule has 1 saturated carbocycles. The second-order valence-corrected chi connectivity index (χ2v) is 5.49. The Hall–Kier alpha value is -1.55. The summed E-state index contributed by atoms with van der Waals surface area (Å²) in [6.45, 7) is 1.87. The van der Waals surface area contributed by atoms with Crippen LogP contribution in [0.5, 0.6) is 0 Å². The minimum atomic E-state index is -0.467. The summed E-state index contributed by atoms with van der Waals surface area (Å²) in [5.41, 5.74) is 7.40. The summed E-state index contributed by atoms with van der Waals surface area (Å²) < 4.78 is 0. The molecule has 0 heterocycles. The molecule has 1 aromatic rings. The summed E-state index contributed by atoms with van der Waals surface area (Å²) in [6.07, 6.45) is 4.93. The fraction of sp³-hybridized carbons (Fsp3) is 0.533. The Balaban J connectivity index is 2.17. The molecule has 1 aromatic carbocycles. The molecule has 0 saturated heterocycles. The number of rotatable bonds is 3. The molecule has 4 N–H and O–H groups in total. The number of nitrogens with two attached hydrogens (primary N) is 1. The number of hydrogen-bond acceptors (Lipinski definition) is 3. The highest BCUT2D eigenvalue weighted by molar-refractivity contribution is 6.00. The van der Waals surface area contributed by atoms with E-state index in [1.807, 2.05) is 19.1 Å². The van der Waals surface area contributed by atoms with Crippen LogP contribution in [0, 0.1) is 6.92 Å². The first kappa shape index (κ1) is 13.9. The number of aryl methyl sites for hydroxylation is 1. The number of carbonyl (C=O) groups is 1. The van der Waals surface area contributed by atoms with E-state index >= 15 is 0 Å². The molecule has 19 heavy (non-hydrogen) atoms. The zero-order valence-electron chi connectivity index (χ0n) is 11.4. The van der Waals surface area contributed by atoms with Crippen molar-refractivity contribution in [2.75, 3.05) is 12.3 Å². The van der Waals surface area contributed by atoms with Crippen LogP contribution in [0.2, 0.25) is 0 Å². The highest BCUT2D eigenvalue weighted by atomic mass is 16.3. The molecule has 4 heteroatoms. The molecule has 0 bridgehead atoms. The topological polar surface area (TPSA) is 75.3 Å². The smallest absolute Gasteiger partial charge is 0.253 e. The zero-order valence-corrected chi connectivity index (χ0v) is 11.4. The van der Waals surface area contributed by atoms with Crippen molar-refractivity contribution in [3.05, 3.63) is 29.3 Å².